The van der Waals surface area contributed by atoms with Gasteiger partial charge in [-0.15, -0.1) is 0 Å². The van der Waals surface area contributed by atoms with Crippen molar-refractivity contribution in [2.45, 2.75) is 6.92 Å². The molecule has 2 rings (SSSR count). The lowest BCUT2D eigenvalue weighted by molar-refractivity contribution is 0.0977. The molecule has 0 unspecified atom stereocenters. The van der Waals surface area contributed by atoms with E-state index in [2.05, 4.69) is 10.6 Å². The summed E-state index contributed by atoms with van der Waals surface area (Å²) in [5.74, 6) is 0.944. The van der Waals surface area contributed by atoms with E-state index < -0.39 is 0 Å². The zero-order valence-corrected chi connectivity index (χ0v) is 14.0. The van der Waals surface area contributed by atoms with Crippen LogP contribution < -0.4 is 20.1 Å². The fourth-order valence-electron chi connectivity index (χ4n) is 2.07. The number of carbonyl (C=O) groups excluding carboxylic acids is 1. The molecular weight excluding hydrogens is 312 g/mol. The molecule has 0 saturated carbocycles. The smallest absolute Gasteiger partial charge is 0.257 e. The number of benzene rings is 2. The monoisotopic (exact) mass is 330 g/mol. The van der Waals surface area contributed by atoms with Crippen LogP contribution in [0, 0.1) is 6.92 Å². The number of hydrogen-bond donors (Lipinski definition) is 2. The second kappa shape index (κ2) is 7.60. The van der Waals surface area contributed by atoms with Gasteiger partial charge in [0.25, 0.3) is 5.91 Å². The van der Waals surface area contributed by atoms with Crippen LogP contribution in [0.3, 0.4) is 0 Å². The summed E-state index contributed by atoms with van der Waals surface area (Å²) in [5, 5.41) is 5.83. The van der Waals surface area contributed by atoms with Crippen LogP contribution in [-0.4, -0.2) is 25.2 Å². The van der Waals surface area contributed by atoms with Crippen molar-refractivity contribution in [3.63, 3.8) is 0 Å². The zero-order valence-electron chi connectivity index (χ0n) is 13.2. The van der Waals surface area contributed by atoms with Crippen molar-refractivity contribution in [2.24, 2.45) is 0 Å². The third-order valence-electron chi connectivity index (χ3n) is 3.26. The molecule has 0 aliphatic heterocycles. The SMILES string of the molecule is COc1ccc(NC(=S)NC(=O)c2ccccc2C)cc1OC. The Balaban J connectivity index is 2.05. The number of ether oxygens (including phenoxy) is 2. The average Bonchev–Trinajstić information content (AvgIpc) is 2.54. The lowest BCUT2D eigenvalue weighted by Crippen LogP contribution is -2.34. The Morgan fingerprint density at radius 3 is 2.39 bits per heavy atom. The molecule has 0 saturated heterocycles. The summed E-state index contributed by atoms with van der Waals surface area (Å²) >= 11 is 5.18. The first-order valence-electron chi connectivity index (χ1n) is 6.95. The summed E-state index contributed by atoms with van der Waals surface area (Å²) in [6.45, 7) is 1.87. The zero-order chi connectivity index (χ0) is 16.8. The van der Waals surface area contributed by atoms with E-state index in [4.69, 9.17) is 21.7 Å². The number of rotatable bonds is 4. The van der Waals surface area contributed by atoms with Gasteiger partial charge in [-0.1, -0.05) is 18.2 Å². The van der Waals surface area contributed by atoms with Crippen LogP contribution >= 0.6 is 12.2 Å². The van der Waals surface area contributed by atoms with Gasteiger partial charge in [0.05, 0.1) is 14.2 Å². The van der Waals surface area contributed by atoms with Crippen molar-refractivity contribution in [2.75, 3.05) is 19.5 Å². The van der Waals surface area contributed by atoms with Gasteiger partial charge < -0.3 is 14.8 Å². The molecule has 23 heavy (non-hydrogen) atoms. The van der Waals surface area contributed by atoms with Crippen LogP contribution in [0.1, 0.15) is 15.9 Å². The summed E-state index contributed by atoms with van der Waals surface area (Å²) < 4.78 is 10.4. The van der Waals surface area contributed by atoms with Crippen LogP contribution in [0.2, 0.25) is 0 Å². The molecule has 0 spiro atoms. The van der Waals surface area contributed by atoms with Crippen LogP contribution in [0.15, 0.2) is 42.5 Å². The normalized spacial score (nSPS) is 9.87. The van der Waals surface area contributed by atoms with E-state index in [1.54, 1.807) is 38.5 Å². The van der Waals surface area contributed by atoms with Crippen LogP contribution in [-0.2, 0) is 0 Å². The topological polar surface area (TPSA) is 59.6 Å². The molecule has 1 amide bonds. The van der Waals surface area contributed by atoms with Crippen molar-refractivity contribution in [1.29, 1.82) is 0 Å². The minimum absolute atomic E-state index is 0.213. The Labute approximate surface area is 140 Å². The Morgan fingerprint density at radius 2 is 1.74 bits per heavy atom. The van der Waals surface area contributed by atoms with Crippen molar-refractivity contribution >= 4 is 28.9 Å². The van der Waals surface area contributed by atoms with Gasteiger partial charge in [-0.3, -0.25) is 10.1 Å². The fraction of sp³-hybridized carbons (Fsp3) is 0.176. The molecule has 0 radical (unpaired) electrons. The van der Waals surface area contributed by atoms with Gasteiger partial charge in [-0.2, -0.15) is 0 Å². The summed E-state index contributed by atoms with van der Waals surface area (Å²) in [4.78, 5) is 12.2. The van der Waals surface area contributed by atoms with Gasteiger partial charge in [0, 0.05) is 17.3 Å². The van der Waals surface area contributed by atoms with E-state index in [0.29, 0.717) is 22.7 Å². The fourth-order valence-corrected chi connectivity index (χ4v) is 2.28. The maximum atomic E-state index is 12.2. The molecule has 0 bridgehead atoms. The largest absolute Gasteiger partial charge is 0.493 e. The van der Waals surface area contributed by atoms with Crippen molar-refractivity contribution in [3.8, 4) is 11.5 Å². The number of carbonyl (C=O) groups is 1. The quantitative estimate of drug-likeness (QED) is 0.844. The Bertz CT molecular complexity index is 732. The predicted octanol–water partition coefficient (Wildman–Crippen LogP) is 3.14. The van der Waals surface area contributed by atoms with Gasteiger partial charge in [0.2, 0.25) is 0 Å². The molecular formula is C17H18N2O3S. The molecule has 0 fully saturated rings. The van der Waals surface area contributed by atoms with Gasteiger partial charge in [-0.25, -0.2) is 0 Å². The van der Waals surface area contributed by atoms with E-state index in [1.807, 2.05) is 25.1 Å². The molecule has 6 heteroatoms. The first-order chi connectivity index (χ1) is 11.0. The second-order valence-corrected chi connectivity index (χ2v) is 5.20. The first kappa shape index (κ1) is 16.8. The highest BCUT2D eigenvalue weighted by molar-refractivity contribution is 7.80. The molecule has 0 aliphatic rings. The van der Waals surface area contributed by atoms with Crippen molar-refractivity contribution < 1.29 is 14.3 Å². The molecule has 2 aromatic carbocycles. The minimum Gasteiger partial charge on any atom is -0.493 e. The number of anilines is 1. The van der Waals surface area contributed by atoms with Crippen molar-refractivity contribution in [1.82, 2.24) is 5.32 Å². The van der Waals surface area contributed by atoms with E-state index in [9.17, 15) is 4.79 Å². The average molecular weight is 330 g/mol. The lowest BCUT2D eigenvalue weighted by Gasteiger charge is -2.13. The van der Waals surface area contributed by atoms with E-state index in [-0.39, 0.29) is 11.0 Å². The number of amides is 1. The highest BCUT2D eigenvalue weighted by atomic mass is 32.1. The van der Waals surface area contributed by atoms with E-state index >= 15 is 0 Å². The molecule has 5 nitrogen and oxygen atoms in total. The van der Waals surface area contributed by atoms with Gasteiger partial charge in [-0.05, 0) is 42.9 Å². The Kier molecular flexibility index (Phi) is 5.54. The number of methoxy groups -OCH3 is 2. The lowest BCUT2D eigenvalue weighted by atomic mass is 10.1. The van der Waals surface area contributed by atoms with Crippen LogP contribution in [0.25, 0.3) is 0 Å². The van der Waals surface area contributed by atoms with Gasteiger partial charge in [0.1, 0.15) is 0 Å². The van der Waals surface area contributed by atoms with Gasteiger partial charge in [0.15, 0.2) is 16.6 Å². The standard InChI is InChI=1S/C17H18N2O3S/c1-11-6-4-5-7-13(11)16(20)19-17(23)18-12-8-9-14(21-2)15(10-12)22-3/h4-10H,1-3H3,(H2,18,19,20,23). The highest BCUT2D eigenvalue weighted by Gasteiger charge is 2.11. The maximum absolute atomic E-state index is 12.2. The second-order valence-electron chi connectivity index (χ2n) is 4.79. The van der Waals surface area contributed by atoms with Gasteiger partial charge >= 0.3 is 0 Å². The van der Waals surface area contributed by atoms with Crippen LogP contribution in [0.4, 0.5) is 5.69 Å². The molecule has 0 heterocycles. The summed E-state index contributed by atoms with van der Waals surface area (Å²) in [6.07, 6.45) is 0. The van der Waals surface area contributed by atoms with Crippen molar-refractivity contribution in [3.05, 3.63) is 53.6 Å². The van der Waals surface area contributed by atoms with Crippen LogP contribution in [0.5, 0.6) is 11.5 Å². The molecule has 120 valence electrons. The van der Waals surface area contributed by atoms with E-state index in [0.717, 1.165) is 5.56 Å². The molecule has 0 aliphatic carbocycles. The molecule has 2 N–H and O–H groups in total. The predicted molar refractivity (Wildman–Crippen MR) is 94.4 cm³/mol. The van der Waals surface area contributed by atoms with E-state index in [1.165, 1.54) is 0 Å². The summed E-state index contributed by atoms with van der Waals surface area (Å²) in [5.41, 5.74) is 2.17. The summed E-state index contributed by atoms with van der Waals surface area (Å²) in [7, 11) is 3.12. The number of hydrogen-bond acceptors (Lipinski definition) is 4. The highest BCUT2D eigenvalue weighted by Crippen LogP contribution is 2.29. The first-order valence-corrected chi connectivity index (χ1v) is 7.36. The number of thiocarbonyl (C=S) groups is 1. The molecule has 0 atom stereocenters. The number of aryl methyl sites for hydroxylation is 1. The third-order valence-corrected chi connectivity index (χ3v) is 3.46. The maximum Gasteiger partial charge on any atom is 0.257 e. The third kappa shape index (κ3) is 4.20. The Morgan fingerprint density at radius 1 is 1.04 bits per heavy atom. The minimum atomic E-state index is -0.249. The summed E-state index contributed by atoms with van der Waals surface area (Å²) in [6, 6.07) is 12.6. The molecule has 0 aromatic heterocycles. The molecule has 2 aromatic rings. The number of nitrogens with one attached hydrogen (secondary N) is 2. The Hall–Kier alpha value is -2.60.